The highest BCUT2D eigenvalue weighted by molar-refractivity contribution is 6.01. The van der Waals surface area contributed by atoms with E-state index in [1.165, 1.54) is 7.11 Å². The first-order chi connectivity index (χ1) is 16.7. The average molecular weight is 476 g/mol. The molecule has 7 heteroatoms. The third-order valence-electron chi connectivity index (χ3n) is 5.67. The molecular weight excluding hydrogens is 442 g/mol. The van der Waals surface area contributed by atoms with Gasteiger partial charge in [-0.05, 0) is 53.8 Å². The van der Waals surface area contributed by atoms with Crippen molar-refractivity contribution in [3.05, 3.63) is 83.0 Å². The summed E-state index contributed by atoms with van der Waals surface area (Å²) in [5.74, 6) is 0.209. The van der Waals surface area contributed by atoms with E-state index in [0.717, 1.165) is 16.7 Å². The smallest absolute Gasteiger partial charge is 0.253 e. The molecule has 1 atom stereocenters. The molecule has 0 unspecified atom stereocenters. The molecule has 35 heavy (non-hydrogen) atoms. The third-order valence-corrected chi connectivity index (χ3v) is 5.67. The second-order valence-corrected chi connectivity index (χ2v) is 9.09. The number of carbonyl (C=O) groups is 2. The highest BCUT2D eigenvalue weighted by atomic mass is 16.5. The lowest BCUT2D eigenvalue weighted by Crippen LogP contribution is -2.32. The van der Waals surface area contributed by atoms with E-state index in [4.69, 9.17) is 4.74 Å². The Bertz CT molecular complexity index is 1160. The van der Waals surface area contributed by atoms with Gasteiger partial charge in [-0.3, -0.25) is 9.59 Å². The van der Waals surface area contributed by atoms with Crippen LogP contribution in [-0.2, 0) is 0 Å². The number of pyridine rings is 1. The van der Waals surface area contributed by atoms with Crippen LogP contribution in [-0.4, -0.2) is 54.1 Å². The predicted molar refractivity (Wildman–Crippen MR) is 136 cm³/mol. The summed E-state index contributed by atoms with van der Waals surface area (Å²) >= 11 is 0. The number of nitrogens with one attached hydrogen (secondary N) is 1. The van der Waals surface area contributed by atoms with Gasteiger partial charge in [0.1, 0.15) is 0 Å². The number of hydrogen-bond donors (Lipinski definition) is 2. The number of hydrogen-bond acceptors (Lipinski definition) is 5. The maximum Gasteiger partial charge on any atom is 0.253 e. The Hall–Kier alpha value is -3.71. The highest BCUT2D eigenvalue weighted by Gasteiger charge is 2.20. The van der Waals surface area contributed by atoms with Crippen LogP contribution in [0.3, 0.4) is 0 Å². The van der Waals surface area contributed by atoms with Crippen LogP contribution in [0.1, 0.15) is 51.7 Å². The van der Waals surface area contributed by atoms with Gasteiger partial charge in [0.2, 0.25) is 5.88 Å². The lowest BCUT2D eigenvalue weighted by Gasteiger charge is -2.21. The molecule has 2 aromatic carbocycles. The molecule has 3 rings (SSSR count). The molecule has 0 aliphatic carbocycles. The molecule has 0 aliphatic rings. The van der Waals surface area contributed by atoms with E-state index < -0.39 is 11.9 Å². The summed E-state index contributed by atoms with van der Waals surface area (Å²) in [6.45, 7) is 6.40. The second kappa shape index (κ2) is 11.6. The Morgan fingerprint density at radius 1 is 1.03 bits per heavy atom. The van der Waals surface area contributed by atoms with Gasteiger partial charge in [0.15, 0.2) is 0 Å². The van der Waals surface area contributed by atoms with Crippen LogP contribution < -0.4 is 10.1 Å². The summed E-state index contributed by atoms with van der Waals surface area (Å²) in [6.07, 6.45) is 1.55. The minimum absolute atomic E-state index is 0.153. The Balaban J connectivity index is 1.96. The van der Waals surface area contributed by atoms with Crippen molar-refractivity contribution in [1.29, 1.82) is 0 Å². The molecule has 2 amide bonds. The number of nitrogens with zero attached hydrogens (tertiary/aromatic N) is 2. The zero-order valence-electron chi connectivity index (χ0n) is 20.9. The fourth-order valence-electron chi connectivity index (χ4n) is 3.84. The van der Waals surface area contributed by atoms with Gasteiger partial charge in [-0.1, -0.05) is 43.7 Å². The molecule has 1 heterocycles. The van der Waals surface area contributed by atoms with Crippen LogP contribution in [0, 0.1) is 12.8 Å². The van der Waals surface area contributed by atoms with Gasteiger partial charge < -0.3 is 20.1 Å². The van der Waals surface area contributed by atoms with E-state index in [0.29, 0.717) is 35.0 Å². The summed E-state index contributed by atoms with van der Waals surface area (Å²) in [5.41, 5.74) is 4.21. The number of amides is 2. The fraction of sp³-hybridized carbons (Fsp3) is 0.321. The van der Waals surface area contributed by atoms with Gasteiger partial charge in [-0.25, -0.2) is 4.98 Å². The number of aromatic nitrogens is 1. The van der Waals surface area contributed by atoms with Gasteiger partial charge >= 0.3 is 0 Å². The molecule has 184 valence electrons. The van der Waals surface area contributed by atoms with E-state index in [2.05, 4.69) is 24.1 Å². The second-order valence-electron chi connectivity index (χ2n) is 9.09. The van der Waals surface area contributed by atoms with Crippen molar-refractivity contribution in [2.75, 3.05) is 27.3 Å². The third kappa shape index (κ3) is 6.67. The van der Waals surface area contributed by atoms with Crippen molar-refractivity contribution in [3.8, 4) is 17.0 Å². The molecule has 0 spiro atoms. The molecule has 0 radical (unpaired) electrons. The first-order valence-corrected chi connectivity index (χ1v) is 11.6. The lowest BCUT2D eigenvalue weighted by molar-refractivity contribution is 0.0779. The van der Waals surface area contributed by atoms with Gasteiger partial charge in [0.25, 0.3) is 11.8 Å². The van der Waals surface area contributed by atoms with Crippen LogP contribution >= 0.6 is 0 Å². The molecule has 2 N–H and O–H groups in total. The predicted octanol–water partition coefficient (Wildman–Crippen LogP) is 4.26. The van der Waals surface area contributed by atoms with E-state index in [9.17, 15) is 14.7 Å². The monoisotopic (exact) mass is 475 g/mol. The summed E-state index contributed by atoms with van der Waals surface area (Å²) < 4.78 is 5.08. The number of aliphatic hydroxyl groups is 1. The van der Waals surface area contributed by atoms with E-state index >= 15 is 0 Å². The molecule has 0 saturated heterocycles. The molecular formula is C28H33N3O4. The Morgan fingerprint density at radius 3 is 2.29 bits per heavy atom. The topological polar surface area (TPSA) is 91.8 Å². The minimum atomic E-state index is -0.660. The van der Waals surface area contributed by atoms with E-state index in [1.807, 2.05) is 37.3 Å². The molecule has 0 saturated carbocycles. The van der Waals surface area contributed by atoms with Crippen molar-refractivity contribution in [2.24, 2.45) is 5.92 Å². The fourth-order valence-corrected chi connectivity index (χ4v) is 3.84. The average Bonchev–Trinajstić information content (AvgIpc) is 2.86. The van der Waals surface area contributed by atoms with Crippen molar-refractivity contribution in [2.45, 2.75) is 26.8 Å². The number of rotatable bonds is 9. The van der Waals surface area contributed by atoms with Crippen LogP contribution in [0.5, 0.6) is 5.88 Å². The first-order valence-electron chi connectivity index (χ1n) is 11.6. The lowest BCUT2D eigenvalue weighted by atomic mass is 9.97. The maximum atomic E-state index is 13.3. The zero-order valence-corrected chi connectivity index (χ0v) is 20.9. The highest BCUT2D eigenvalue weighted by Crippen LogP contribution is 2.25. The molecule has 0 bridgehead atoms. The summed E-state index contributed by atoms with van der Waals surface area (Å²) in [4.78, 5) is 32.3. The van der Waals surface area contributed by atoms with Crippen LogP contribution in [0.15, 0.2) is 60.8 Å². The first kappa shape index (κ1) is 25.9. The van der Waals surface area contributed by atoms with Gasteiger partial charge in [-0.15, -0.1) is 0 Å². The Kier molecular flexibility index (Phi) is 8.60. The SMILES string of the molecule is COc1ccc([C@@H](CO)NC(=O)c2cc(C(=O)N(C)CC(C)C)cc(-c3ccc(C)cc3)c2)cn1. The van der Waals surface area contributed by atoms with Gasteiger partial charge in [0.05, 0.1) is 19.8 Å². The summed E-state index contributed by atoms with van der Waals surface area (Å²) in [7, 11) is 3.28. The van der Waals surface area contributed by atoms with Crippen LogP contribution in [0.25, 0.3) is 11.1 Å². The molecule has 0 fully saturated rings. The van der Waals surface area contributed by atoms with Crippen molar-refractivity contribution in [3.63, 3.8) is 0 Å². The molecule has 1 aromatic heterocycles. The van der Waals surface area contributed by atoms with Crippen molar-refractivity contribution < 1.29 is 19.4 Å². The van der Waals surface area contributed by atoms with Crippen LogP contribution in [0.2, 0.25) is 0 Å². The number of aliphatic hydroxyl groups excluding tert-OH is 1. The Labute approximate surface area is 206 Å². The van der Waals surface area contributed by atoms with Crippen molar-refractivity contribution in [1.82, 2.24) is 15.2 Å². The molecule has 7 nitrogen and oxygen atoms in total. The molecule has 0 aliphatic heterocycles. The largest absolute Gasteiger partial charge is 0.481 e. The maximum absolute atomic E-state index is 13.3. The quantitative estimate of drug-likeness (QED) is 0.483. The number of carbonyl (C=O) groups excluding carboxylic acids is 2. The Morgan fingerprint density at radius 2 is 1.71 bits per heavy atom. The summed E-state index contributed by atoms with van der Waals surface area (Å²) in [6, 6.07) is 15.9. The number of benzene rings is 2. The standard InChI is InChI=1S/C28H33N3O4/c1-18(2)16-31(4)28(34)24-13-22(20-8-6-19(3)7-9-20)12-23(14-24)27(33)30-25(17-32)21-10-11-26(35-5)29-15-21/h6-15,18,25,32H,16-17H2,1-5H3,(H,30,33)/t25-/m1/s1. The normalized spacial score (nSPS) is 11.7. The number of methoxy groups -OCH3 is 1. The number of ether oxygens (including phenoxy) is 1. The molecule has 3 aromatic rings. The minimum Gasteiger partial charge on any atom is -0.481 e. The van der Waals surface area contributed by atoms with Crippen molar-refractivity contribution >= 4 is 11.8 Å². The number of aryl methyl sites for hydroxylation is 1. The zero-order chi connectivity index (χ0) is 25.5. The van der Waals surface area contributed by atoms with Crippen LogP contribution in [0.4, 0.5) is 0 Å². The van der Waals surface area contributed by atoms with E-state index in [-0.39, 0.29) is 12.5 Å². The van der Waals surface area contributed by atoms with Gasteiger partial charge in [0, 0.05) is 37.0 Å². The van der Waals surface area contributed by atoms with E-state index in [1.54, 1.807) is 42.4 Å². The summed E-state index contributed by atoms with van der Waals surface area (Å²) in [5, 5.41) is 12.8. The van der Waals surface area contributed by atoms with Gasteiger partial charge in [-0.2, -0.15) is 0 Å².